The highest BCUT2D eigenvalue weighted by Crippen LogP contribution is 2.21. The molecule has 1 unspecified atom stereocenters. The van der Waals surface area contributed by atoms with E-state index in [4.69, 9.17) is 4.74 Å². The quantitative estimate of drug-likeness (QED) is 0.411. The van der Waals surface area contributed by atoms with Crippen LogP contribution in [0.2, 0.25) is 0 Å². The highest BCUT2D eigenvalue weighted by atomic mass is 16.6. The molecule has 1 atom stereocenters. The van der Waals surface area contributed by atoms with Gasteiger partial charge in [-0.25, -0.2) is 5.43 Å². The van der Waals surface area contributed by atoms with Gasteiger partial charge in [0.15, 0.2) is 6.10 Å². The second-order valence-electron chi connectivity index (χ2n) is 5.85. The zero-order valence-electron chi connectivity index (χ0n) is 14.5. The molecular formula is C20H17N3O4. The van der Waals surface area contributed by atoms with Gasteiger partial charge >= 0.3 is 0 Å². The molecule has 0 fully saturated rings. The molecule has 0 bridgehead atoms. The van der Waals surface area contributed by atoms with Gasteiger partial charge in [0, 0.05) is 12.1 Å². The number of fused-ring (bicyclic) bond motifs is 1. The number of nitrogens with zero attached hydrogens (tertiary/aromatic N) is 2. The number of benzene rings is 3. The first-order valence-corrected chi connectivity index (χ1v) is 8.26. The number of nitro benzene ring substituents is 1. The molecule has 0 saturated heterocycles. The molecule has 0 aliphatic heterocycles. The molecule has 0 radical (unpaired) electrons. The zero-order chi connectivity index (χ0) is 19.2. The summed E-state index contributed by atoms with van der Waals surface area (Å²) < 4.78 is 5.67. The van der Waals surface area contributed by atoms with Gasteiger partial charge in [-0.3, -0.25) is 14.9 Å². The topological polar surface area (TPSA) is 93.8 Å². The van der Waals surface area contributed by atoms with Crippen LogP contribution in [0, 0.1) is 10.1 Å². The fourth-order valence-corrected chi connectivity index (χ4v) is 2.44. The maximum atomic E-state index is 12.1. The lowest BCUT2D eigenvalue weighted by Crippen LogP contribution is -2.33. The van der Waals surface area contributed by atoms with Gasteiger partial charge in [-0.05, 0) is 47.5 Å². The van der Waals surface area contributed by atoms with E-state index in [1.54, 1.807) is 19.1 Å². The number of ether oxygens (including phenoxy) is 1. The summed E-state index contributed by atoms with van der Waals surface area (Å²) in [6.45, 7) is 1.63. The van der Waals surface area contributed by atoms with E-state index in [2.05, 4.69) is 10.5 Å². The number of carbonyl (C=O) groups is 1. The minimum absolute atomic E-state index is 0.00593. The molecule has 7 heteroatoms. The van der Waals surface area contributed by atoms with Gasteiger partial charge in [0.05, 0.1) is 11.1 Å². The van der Waals surface area contributed by atoms with Crippen LogP contribution >= 0.6 is 0 Å². The van der Waals surface area contributed by atoms with E-state index >= 15 is 0 Å². The van der Waals surface area contributed by atoms with Crippen LogP contribution in [0.5, 0.6) is 5.75 Å². The molecule has 0 saturated carbocycles. The predicted octanol–water partition coefficient (Wildman–Crippen LogP) is 3.67. The number of non-ortho nitro benzene ring substituents is 1. The lowest BCUT2D eigenvalue weighted by Gasteiger charge is -2.13. The van der Waals surface area contributed by atoms with Crippen molar-refractivity contribution >= 4 is 28.6 Å². The maximum absolute atomic E-state index is 12.1. The van der Waals surface area contributed by atoms with Crippen molar-refractivity contribution in [2.24, 2.45) is 5.10 Å². The van der Waals surface area contributed by atoms with Crippen molar-refractivity contribution in [3.8, 4) is 5.75 Å². The van der Waals surface area contributed by atoms with Crippen molar-refractivity contribution in [3.63, 3.8) is 0 Å². The van der Waals surface area contributed by atoms with Gasteiger partial charge in [0.1, 0.15) is 5.75 Å². The second-order valence-corrected chi connectivity index (χ2v) is 5.85. The van der Waals surface area contributed by atoms with E-state index in [0.717, 1.165) is 10.8 Å². The molecular weight excluding hydrogens is 346 g/mol. The van der Waals surface area contributed by atoms with Gasteiger partial charge in [0.2, 0.25) is 0 Å². The molecule has 3 aromatic carbocycles. The van der Waals surface area contributed by atoms with Crippen molar-refractivity contribution < 1.29 is 14.5 Å². The third-order valence-corrected chi connectivity index (χ3v) is 3.90. The summed E-state index contributed by atoms with van der Waals surface area (Å²) in [6.07, 6.45) is 0.671. The Morgan fingerprint density at radius 2 is 1.81 bits per heavy atom. The molecule has 1 amide bonds. The average Bonchev–Trinajstić information content (AvgIpc) is 2.68. The van der Waals surface area contributed by atoms with Gasteiger partial charge in [0.25, 0.3) is 11.6 Å². The summed E-state index contributed by atoms with van der Waals surface area (Å²) in [5.41, 5.74) is 3.02. The molecule has 136 valence electrons. The lowest BCUT2D eigenvalue weighted by atomic mass is 10.1. The van der Waals surface area contributed by atoms with Crippen LogP contribution in [-0.2, 0) is 4.79 Å². The van der Waals surface area contributed by atoms with Crippen LogP contribution in [0.15, 0.2) is 71.8 Å². The van der Waals surface area contributed by atoms with E-state index in [1.165, 1.54) is 18.3 Å². The Kier molecular flexibility index (Phi) is 5.41. The molecule has 1 N–H and O–H groups in total. The molecule has 3 aromatic rings. The molecule has 0 aliphatic carbocycles. The largest absolute Gasteiger partial charge is 0.481 e. The molecule has 0 aromatic heterocycles. The Balaban J connectivity index is 1.57. The zero-order valence-corrected chi connectivity index (χ0v) is 14.5. The molecule has 7 nitrogen and oxygen atoms in total. The summed E-state index contributed by atoms with van der Waals surface area (Å²) in [6, 6.07) is 19.3. The van der Waals surface area contributed by atoms with Crippen molar-refractivity contribution in [1.82, 2.24) is 5.43 Å². The fourth-order valence-electron chi connectivity index (χ4n) is 2.44. The Morgan fingerprint density at radius 1 is 1.11 bits per heavy atom. The standard InChI is InChI=1S/C20H17N3O4/c1-14(27-19-11-8-16-4-2-3-5-17(16)12-19)20(24)22-21-13-15-6-9-18(10-7-15)23(25)26/h2-14H,1H3,(H,22,24)/b21-13+. The van der Waals surface area contributed by atoms with Crippen molar-refractivity contribution in [3.05, 3.63) is 82.4 Å². The highest BCUT2D eigenvalue weighted by Gasteiger charge is 2.14. The molecule has 0 heterocycles. The number of amides is 1. The van der Waals surface area contributed by atoms with Crippen LogP contribution < -0.4 is 10.2 Å². The number of hydrogen-bond donors (Lipinski definition) is 1. The number of nitro groups is 1. The third kappa shape index (κ3) is 4.66. The van der Waals surface area contributed by atoms with Crippen LogP contribution in [0.3, 0.4) is 0 Å². The van der Waals surface area contributed by atoms with Gasteiger partial charge in [-0.1, -0.05) is 30.3 Å². The second kappa shape index (κ2) is 8.09. The first kappa shape index (κ1) is 18.1. The first-order valence-electron chi connectivity index (χ1n) is 8.26. The molecule has 0 aliphatic rings. The Hall–Kier alpha value is -3.74. The Labute approximate surface area is 155 Å². The predicted molar refractivity (Wildman–Crippen MR) is 103 cm³/mol. The van der Waals surface area contributed by atoms with E-state index in [1.807, 2.05) is 42.5 Å². The van der Waals surface area contributed by atoms with Crippen molar-refractivity contribution in [1.29, 1.82) is 0 Å². The minimum atomic E-state index is -0.736. The van der Waals surface area contributed by atoms with Crippen molar-refractivity contribution in [2.45, 2.75) is 13.0 Å². The van der Waals surface area contributed by atoms with Gasteiger partial charge < -0.3 is 4.74 Å². The summed E-state index contributed by atoms with van der Waals surface area (Å²) in [5.74, 6) is 0.192. The summed E-state index contributed by atoms with van der Waals surface area (Å²) in [5, 5.41) is 16.6. The highest BCUT2D eigenvalue weighted by molar-refractivity contribution is 5.85. The van der Waals surface area contributed by atoms with E-state index in [0.29, 0.717) is 11.3 Å². The summed E-state index contributed by atoms with van der Waals surface area (Å²) in [7, 11) is 0. The number of hydrogen-bond acceptors (Lipinski definition) is 5. The summed E-state index contributed by atoms with van der Waals surface area (Å²) >= 11 is 0. The normalized spacial score (nSPS) is 12.0. The van der Waals surface area contributed by atoms with E-state index < -0.39 is 16.9 Å². The first-order chi connectivity index (χ1) is 13.0. The maximum Gasteiger partial charge on any atom is 0.280 e. The van der Waals surface area contributed by atoms with Crippen LogP contribution in [0.4, 0.5) is 5.69 Å². The third-order valence-electron chi connectivity index (χ3n) is 3.90. The van der Waals surface area contributed by atoms with Gasteiger partial charge in [-0.15, -0.1) is 0 Å². The number of rotatable bonds is 6. The number of carbonyl (C=O) groups excluding carboxylic acids is 1. The Morgan fingerprint density at radius 3 is 2.52 bits per heavy atom. The summed E-state index contributed by atoms with van der Waals surface area (Å²) in [4.78, 5) is 22.2. The van der Waals surface area contributed by atoms with Crippen LogP contribution in [0.1, 0.15) is 12.5 Å². The van der Waals surface area contributed by atoms with Crippen LogP contribution in [0.25, 0.3) is 10.8 Å². The van der Waals surface area contributed by atoms with Crippen molar-refractivity contribution in [2.75, 3.05) is 0 Å². The minimum Gasteiger partial charge on any atom is -0.481 e. The number of nitrogens with one attached hydrogen (secondary N) is 1. The smallest absolute Gasteiger partial charge is 0.280 e. The lowest BCUT2D eigenvalue weighted by molar-refractivity contribution is -0.384. The monoisotopic (exact) mass is 363 g/mol. The van der Waals surface area contributed by atoms with E-state index in [-0.39, 0.29) is 5.69 Å². The average molecular weight is 363 g/mol. The number of hydrazone groups is 1. The molecule has 3 rings (SSSR count). The van der Waals surface area contributed by atoms with Gasteiger partial charge in [-0.2, -0.15) is 5.10 Å². The van der Waals surface area contributed by atoms with E-state index in [9.17, 15) is 14.9 Å². The SMILES string of the molecule is CC(Oc1ccc2ccccc2c1)C(=O)N/N=C/c1ccc([N+](=O)[O-])cc1. The Bertz CT molecular complexity index is 1000. The fraction of sp³-hybridized carbons (Fsp3) is 0.100. The van der Waals surface area contributed by atoms with Crippen LogP contribution in [-0.4, -0.2) is 23.1 Å². The molecule has 27 heavy (non-hydrogen) atoms. The molecule has 0 spiro atoms.